The van der Waals surface area contributed by atoms with Gasteiger partial charge in [0, 0.05) is 30.9 Å². The topological polar surface area (TPSA) is 41.6 Å². The average molecular weight is 451 g/mol. The number of halogens is 2. The molecule has 1 aliphatic heterocycles. The molecule has 33 heavy (non-hydrogen) atoms. The Hall–Kier alpha value is -3.41. The first-order chi connectivity index (χ1) is 16.1. The van der Waals surface area contributed by atoms with Gasteiger partial charge in [0.1, 0.15) is 30.3 Å². The van der Waals surface area contributed by atoms with Crippen molar-refractivity contribution in [2.45, 2.75) is 32.2 Å². The predicted molar refractivity (Wildman–Crippen MR) is 127 cm³/mol. The lowest BCUT2D eigenvalue weighted by Crippen LogP contribution is -2.33. The Labute approximate surface area is 193 Å². The average Bonchev–Trinajstić information content (AvgIpc) is 2.83. The maximum atomic E-state index is 14.3. The van der Waals surface area contributed by atoms with Crippen LogP contribution in [0.3, 0.4) is 0 Å². The lowest BCUT2D eigenvalue weighted by Gasteiger charge is -2.32. The van der Waals surface area contributed by atoms with E-state index in [1.165, 1.54) is 35.0 Å². The van der Waals surface area contributed by atoms with Crippen LogP contribution in [-0.2, 0) is 24.2 Å². The van der Waals surface area contributed by atoms with Gasteiger partial charge in [-0.25, -0.2) is 8.78 Å². The maximum absolute atomic E-state index is 14.3. The van der Waals surface area contributed by atoms with Crippen LogP contribution in [-0.4, -0.2) is 26.0 Å². The van der Waals surface area contributed by atoms with Crippen molar-refractivity contribution in [2.24, 2.45) is 0 Å². The molecule has 4 nitrogen and oxygen atoms in total. The zero-order valence-electron chi connectivity index (χ0n) is 18.5. The molecule has 0 fully saturated rings. The Kier molecular flexibility index (Phi) is 7.55. The number of hydrogen-bond acceptors (Lipinski definition) is 4. The van der Waals surface area contributed by atoms with Crippen LogP contribution in [0.4, 0.5) is 20.2 Å². The van der Waals surface area contributed by atoms with Crippen molar-refractivity contribution in [3.05, 3.63) is 89.0 Å². The van der Waals surface area contributed by atoms with Gasteiger partial charge in [-0.2, -0.15) is 0 Å². The highest BCUT2D eigenvalue weighted by atomic mass is 19.1. The van der Waals surface area contributed by atoms with Crippen molar-refractivity contribution in [1.82, 2.24) is 0 Å². The minimum atomic E-state index is -0.288. The van der Waals surface area contributed by atoms with E-state index in [2.05, 4.69) is 28.4 Å². The van der Waals surface area contributed by atoms with Gasteiger partial charge in [0.25, 0.3) is 0 Å². The van der Waals surface area contributed by atoms with E-state index in [1.54, 1.807) is 18.2 Å². The summed E-state index contributed by atoms with van der Waals surface area (Å²) in [6.07, 6.45) is 3.61. The summed E-state index contributed by atoms with van der Waals surface area (Å²) in [4.78, 5) is 12.9. The molecule has 1 N–H and O–H groups in total. The highest BCUT2D eigenvalue weighted by molar-refractivity contribution is 5.59. The lowest BCUT2D eigenvalue weighted by molar-refractivity contribution is -0.107. The third-order valence-electron chi connectivity index (χ3n) is 5.95. The summed E-state index contributed by atoms with van der Waals surface area (Å²) in [5.74, 6) is 0.102. The Balaban J connectivity index is 1.38. The van der Waals surface area contributed by atoms with Crippen molar-refractivity contribution in [3.63, 3.8) is 0 Å². The van der Waals surface area contributed by atoms with Crippen LogP contribution < -0.4 is 15.0 Å². The van der Waals surface area contributed by atoms with E-state index in [-0.39, 0.29) is 11.6 Å². The quantitative estimate of drug-likeness (QED) is 0.412. The molecular formula is C27H28F2N2O2. The summed E-state index contributed by atoms with van der Waals surface area (Å²) < 4.78 is 33.1. The number of carbonyl (C=O) groups excluding carboxylic acids is 1. The van der Waals surface area contributed by atoms with Crippen LogP contribution in [0.5, 0.6) is 5.75 Å². The predicted octanol–water partition coefficient (Wildman–Crippen LogP) is 5.54. The van der Waals surface area contributed by atoms with Gasteiger partial charge in [-0.05, 0) is 78.4 Å². The summed E-state index contributed by atoms with van der Waals surface area (Å²) in [6.45, 7) is 2.83. The molecular weight excluding hydrogens is 422 g/mol. The van der Waals surface area contributed by atoms with Gasteiger partial charge in [0.2, 0.25) is 0 Å². The van der Waals surface area contributed by atoms with E-state index in [4.69, 9.17) is 4.74 Å². The highest BCUT2D eigenvalue weighted by Gasteiger charge is 2.19. The Morgan fingerprint density at radius 1 is 1.03 bits per heavy atom. The number of rotatable bonds is 10. The monoisotopic (exact) mass is 450 g/mol. The molecule has 0 aliphatic carbocycles. The standard InChI is InChI=1S/C27H28F2N2O2/c28-22-9-12-24(13-10-22)33-17-15-31-14-2-6-25-21(4-1-7-27(25)31)19-30-23-11-8-20(5-3-16-32)26(29)18-23/h1,4,7-13,16,18,30H,2-3,5-6,14-15,17,19H2. The van der Waals surface area contributed by atoms with E-state index >= 15 is 0 Å². The van der Waals surface area contributed by atoms with E-state index in [1.807, 2.05) is 6.07 Å². The first-order valence-corrected chi connectivity index (χ1v) is 11.3. The summed E-state index contributed by atoms with van der Waals surface area (Å²) in [7, 11) is 0. The van der Waals surface area contributed by atoms with Crippen LogP contribution in [0.15, 0.2) is 60.7 Å². The van der Waals surface area contributed by atoms with Gasteiger partial charge in [-0.15, -0.1) is 0 Å². The number of ether oxygens (including phenoxy) is 1. The SMILES string of the molecule is O=CCCc1ccc(NCc2cccc3c2CCCN3CCOc2ccc(F)cc2)cc1F. The summed E-state index contributed by atoms with van der Waals surface area (Å²) >= 11 is 0. The molecule has 0 saturated heterocycles. The minimum absolute atomic E-state index is 0.273. The number of anilines is 2. The summed E-state index contributed by atoms with van der Waals surface area (Å²) in [6, 6.07) is 17.5. The van der Waals surface area contributed by atoms with E-state index in [0.717, 1.165) is 37.9 Å². The molecule has 4 rings (SSSR count). The molecule has 0 atom stereocenters. The van der Waals surface area contributed by atoms with E-state index in [0.29, 0.717) is 37.3 Å². The van der Waals surface area contributed by atoms with Crippen molar-refractivity contribution < 1.29 is 18.3 Å². The van der Waals surface area contributed by atoms with Gasteiger partial charge < -0.3 is 19.7 Å². The lowest BCUT2D eigenvalue weighted by atomic mass is 9.96. The molecule has 3 aromatic rings. The van der Waals surface area contributed by atoms with Gasteiger partial charge in [-0.3, -0.25) is 0 Å². The second-order valence-corrected chi connectivity index (χ2v) is 8.17. The molecule has 0 spiro atoms. The summed E-state index contributed by atoms with van der Waals surface area (Å²) in [5.41, 5.74) is 4.99. The third kappa shape index (κ3) is 5.89. The molecule has 1 aliphatic rings. The van der Waals surface area contributed by atoms with Crippen molar-refractivity contribution in [2.75, 3.05) is 29.9 Å². The Bertz CT molecular complexity index is 1090. The molecule has 0 bridgehead atoms. The molecule has 0 aromatic heterocycles. The van der Waals surface area contributed by atoms with Crippen molar-refractivity contribution in [3.8, 4) is 5.75 Å². The second kappa shape index (κ2) is 10.9. The number of fused-ring (bicyclic) bond motifs is 1. The fraction of sp³-hybridized carbons (Fsp3) is 0.296. The zero-order valence-corrected chi connectivity index (χ0v) is 18.5. The van der Waals surface area contributed by atoms with Gasteiger partial charge in [-0.1, -0.05) is 18.2 Å². The smallest absolute Gasteiger partial charge is 0.128 e. The number of nitrogens with one attached hydrogen (secondary N) is 1. The molecule has 0 saturated carbocycles. The molecule has 6 heteroatoms. The van der Waals surface area contributed by atoms with Crippen LogP contribution in [0.2, 0.25) is 0 Å². The third-order valence-corrected chi connectivity index (χ3v) is 5.95. The Morgan fingerprint density at radius 3 is 2.67 bits per heavy atom. The van der Waals surface area contributed by atoms with Crippen LogP contribution in [0.1, 0.15) is 29.5 Å². The fourth-order valence-electron chi connectivity index (χ4n) is 4.25. The molecule has 0 radical (unpaired) electrons. The molecule has 3 aromatic carbocycles. The highest BCUT2D eigenvalue weighted by Crippen LogP contribution is 2.30. The first kappa shape index (κ1) is 22.8. The van der Waals surface area contributed by atoms with Gasteiger partial charge >= 0.3 is 0 Å². The Morgan fingerprint density at radius 2 is 1.88 bits per heavy atom. The number of aryl methyl sites for hydroxylation is 1. The zero-order chi connectivity index (χ0) is 23.0. The largest absolute Gasteiger partial charge is 0.492 e. The van der Waals surface area contributed by atoms with Gasteiger partial charge in [0.05, 0.1) is 6.54 Å². The fourth-order valence-corrected chi connectivity index (χ4v) is 4.25. The number of benzene rings is 3. The van der Waals surface area contributed by atoms with Crippen molar-refractivity contribution in [1.29, 1.82) is 0 Å². The number of aldehydes is 1. The van der Waals surface area contributed by atoms with E-state index < -0.39 is 0 Å². The first-order valence-electron chi connectivity index (χ1n) is 11.3. The van der Waals surface area contributed by atoms with Crippen LogP contribution >= 0.6 is 0 Å². The summed E-state index contributed by atoms with van der Waals surface area (Å²) in [5, 5.41) is 3.34. The van der Waals surface area contributed by atoms with Gasteiger partial charge in [0.15, 0.2) is 0 Å². The number of hydrogen-bond donors (Lipinski definition) is 1. The maximum Gasteiger partial charge on any atom is 0.128 e. The van der Waals surface area contributed by atoms with Crippen molar-refractivity contribution >= 4 is 17.7 Å². The molecule has 0 amide bonds. The normalized spacial score (nSPS) is 12.8. The number of nitrogens with zero attached hydrogens (tertiary/aromatic N) is 1. The minimum Gasteiger partial charge on any atom is -0.492 e. The van der Waals surface area contributed by atoms with E-state index in [9.17, 15) is 13.6 Å². The molecule has 0 unspecified atom stereocenters. The molecule has 172 valence electrons. The second-order valence-electron chi connectivity index (χ2n) is 8.17. The number of carbonyl (C=O) groups is 1. The van der Waals surface area contributed by atoms with Crippen LogP contribution in [0, 0.1) is 11.6 Å². The molecule has 1 heterocycles. The van der Waals surface area contributed by atoms with Crippen LogP contribution in [0.25, 0.3) is 0 Å².